The van der Waals surface area contributed by atoms with E-state index in [9.17, 15) is 27.0 Å². The molecule has 2 aliphatic rings. The van der Waals surface area contributed by atoms with E-state index in [0.29, 0.717) is 0 Å². The van der Waals surface area contributed by atoms with Crippen LogP contribution in [-0.2, 0) is 38.6 Å². The van der Waals surface area contributed by atoms with E-state index in [4.69, 9.17) is 18.9 Å². The molecule has 4 atom stereocenters. The summed E-state index contributed by atoms with van der Waals surface area (Å²) in [4.78, 5) is -7.87. The summed E-state index contributed by atoms with van der Waals surface area (Å²) in [5.41, 5.74) is 1.46. The summed E-state index contributed by atoms with van der Waals surface area (Å²) in [6.07, 6.45) is -3.66. The van der Waals surface area contributed by atoms with Crippen molar-refractivity contribution in [1.82, 2.24) is 0 Å². The maximum Gasteiger partial charge on any atom is 0.245 e. The Morgan fingerprint density at radius 2 is 0.947 bits per heavy atom. The quantitative estimate of drug-likeness (QED) is 0.508. The van der Waals surface area contributed by atoms with Crippen molar-refractivity contribution in [2.24, 2.45) is 0 Å². The Morgan fingerprint density at radius 3 is 1.18 bits per heavy atom. The molecule has 2 aromatic carbocycles. The van der Waals surface area contributed by atoms with Gasteiger partial charge in [0.2, 0.25) is 29.5 Å². The van der Waals surface area contributed by atoms with Crippen LogP contribution in [0, 0.1) is 13.8 Å². The van der Waals surface area contributed by atoms with Crippen molar-refractivity contribution in [3.63, 3.8) is 0 Å². The molecular formula is C26H34O10S2. The molecule has 0 radical (unpaired) electrons. The minimum atomic E-state index is -5.10. The van der Waals surface area contributed by atoms with Crippen molar-refractivity contribution in [2.75, 3.05) is 13.2 Å². The summed E-state index contributed by atoms with van der Waals surface area (Å²) in [7, 11) is -10.2. The van der Waals surface area contributed by atoms with Crippen molar-refractivity contribution in [1.29, 1.82) is 0 Å². The second-order valence-corrected chi connectivity index (χ2v) is 14.9. The van der Waals surface area contributed by atoms with Crippen LogP contribution in [0.4, 0.5) is 0 Å². The van der Waals surface area contributed by atoms with Gasteiger partial charge in [-0.25, -0.2) is 16.8 Å². The lowest BCUT2D eigenvalue weighted by Crippen LogP contribution is -2.74. The Bertz CT molecular complexity index is 1290. The summed E-state index contributed by atoms with van der Waals surface area (Å²) >= 11 is 0. The number of aryl methyl sites for hydroxylation is 2. The number of hydrogen-bond donors (Lipinski definition) is 2. The molecule has 2 aromatic rings. The Balaban J connectivity index is 2.06. The molecule has 12 heteroatoms. The smallest absolute Gasteiger partial charge is 0.245 e. The van der Waals surface area contributed by atoms with E-state index in [-0.39, 0.29) is 0 Å². The van der Waals surface area contributed by atoms with Crippen LogP contribution in [0.5, 0.6) is 0 Å². The monoisotopic (exact) mass is 570 g/mol. The fraction of sp³-hybridized carbons (Fsp3) is 0.538. The van der Waals surface area contributed by atoms with Crippen LogP contribution in [0.2, 0.25) is 0 Å². The van der Waals surface area contributed by atoms with Crippen LogP contribution in [0.1, 0.15) is 38.8 Å². The topological polar surface area (TPSA) is 146 Å². The predicted molar refractivity (Wildman–Crippen MR) is 136 cm³/mol. The average Bonchev–Trinajstić information content (AvgIpc) is 3.39. The number of sulfone groups is 2. The van der Waals surface area contributed by atoms with Crippen LogP contribution in [0.25, 0.3) is 0 Å². The second-order valence-electron chi connectivity index (χ2n) is 10.7. The summed E-state index contributed by atoms with van der Waals surface area (Å²) in [5, 5.41) is 24.9. The molecule has 210 valence electrons. The second kappa shape index (κ2) is 9.34. The molecule has 0 aromatic heterocycles. The zero-order chi connectivity index (χ0) is 28.4. The highest BCUT2D eigenvalue weighted by Gasteiger charge is 2.76. The molecule has 2 saturated heterocycles. The van der Waals surface area contributed by atoms with Crippen LogP contribution < -0.4 is 0 Å². The van der Waals surface area contributed by atoms with E-state index >= 15 is 0 Å². The van der Waals surface area contributed by atoms with Gasteiger partial charge in [-0.1, -0.05) is 35.4 Å². The molecule has 2 N–H and O–H groups in total. The molecule has 2 fully saturated rings. The highest BCUT2D eigenvalue weighted by molar-refractivity contribution is 7.97. The van der Waals surface area contributed by atoms with Crippen molar-refractivity contribution in [3.8, 4) is 0 Å². The lowest BCUT2D eigenvalue weighted by Gasteiger charge is -2.46. The van der Waals surface area contributed by atoms with Gasteiger partial charge in [0.1, 0.15) is 12.2 Å². The van der Waals surface area contributed by atoms with Crippen molar-refractivity contribution in [3.05, 3.63) is 59.7 Å². The van der Waals surface area contributed by atoms with Gasteiger partial charge in [-0.2, -0.15) is 0 Å². The first kappa shape index (κ1) is 29.1. The Morgan fingerprint density at radius 1 is 0.658 bits per heavy atom. The third-order valence-corrected chi connectivity index (χ3v) is 11.6. The van der Waals surface area contributed by atoms with Gasteiger partial charge < -0.3 is 29.2 Å². The maximum absolute atomic E-state index is 14.4. The molecule has 4 rings (SSSR count). The fourth-order valence-corrected chi connectivity index (χ4v) is 9.07. The molecule has 0 aliphatic carbocycles. The molecule has 2 heterocycles. The molecule has 0 amide bonds. The van der Waals surface area contributed by atoms with E-state index in [1.807, 2.05) is 0 Å². The van der Waals surface area contributed by atoms with E-state index in [0.717, 1.165) is 11.1 Å². The molecule has 2 aliphatic heterocycles. The highest BCUT2D eigenvalue weighted by Crippen LogP contribution is 2.50. The molecule has 0 spiro atoms. The molecule has 10 nitrogen and oxygen atoms in total. The highest BCUT2D eigenvalue weighted by atomic mass is 32.2. The fourth-order valence-electron chi connectivity index (χ4n) is 4.75. The maximum atomic E-state index is 14.4. The van der Waals surface area contributed by atoms with Crippen molar-refractivity contribution < 1.29 is 46.0 Å². The SMILES string of the molecule is Cc1ccc(S(=O)(=O)[C@@](O)([C@H]2COC(C)(C)O2)[C@](O)([C@H]2COC(C)(C)O2)S(=O)(=O)c2ccc(C)cc2)cc1. The molecular weight excluding hydrogens is 536 g/mol. The lowest BCUT2D eigenvalue weighted by molar-refractivity contribution is -0.206. The number of benzene rings is 2. The van der Waals surface area contributed by atoms with Gasteiger partial charge in [-0.05, 0) is 65.8 Å². The van der Waals surface area contributed by atoms with Crippen LogP contribution >= 0.6 is 0 Å². The minimum absolute atomic E-state index is 0.422. The summed E-state index contributed by atoms with van der Waals surface area (Å²) in [6.45, 7) is 8.35. The molecule has 0 unspecified atom stereocenters. The Hall–Kier alpha value is -1.90. The van der Waals surface area contributed by atoms with Gasteiger partial charge in [-0.3, -0.25) is 0 Å². The van der Waals surface area contributed by atoms with Gasteiger partial charge in [-0.15, -0.1) is 0 Å². The third kappa shape index (κ3) is 4.50. The zero-order valence-electron chi connectivity index (χ0n) is 22.2. The van der Waals surface area contributed by atoms with Gasteiger partial charge in [0, 0.05) is 0 Å². The number of ether oxygens (including phenoxy) is 4. The Kier molecular flexibility index (Phi) is 7.15. The van der Waals surface area contributed by atoms with Crippen LogP contribution in [-0.4, -0.2) is 73.9 Å². The molecule has 38 heavy (non-hydrogen) atoms. The molecule has 0 saturated carbocycles. The van der Waals surface area contributed by atoms with Gasteiger partial charge >= 0.3 is 0 Å². The largest absolute Gasteiger partial charge is 0.369 e. The van der Waals surface area contributed by atoms with Gasteiger partial charge in [0.05, 0.1) is 23.0 Å². The minimum Gasteiger partial charge on any atom is -0.369 e. The van der Waals surface area contributed by atoms with Crippen molar-refractivity contribution in [2.45, 2.75) is 85.0 Å². The van der Waals surface area contributed by atoms with E-state index in [1.165, 1.54) is 76.2 Å². The van der Waals surface area contributed by atoms with E-state index < -0.39 is 76.3 Å². The zero-order valence-corrected chi connectivity index (χ0v) is 23.8. The van der Waals surface area contributed by atoms with E-state index in [2.05, 4.69) is 0 Å². The Labute approximate surface area is 223 Å². The number of aliphatic hydroxyl groups is 2. The van der Waals surface area contributed by atoms with Crippen LogP contribution in [0.3, 0.4) is 0 Å². The first-order chi connectivity index (χ1) is 17.4. The lowest BCUT2D eigenvalue weighted by atomic mass is 10.0. The van der Waals surface area contributed by atoms with Gasteiger partial charge in [0.25, 0.3) is 0 Å². The normalized spacial score (nSPS) is 26.5. The van der Waals surface area contributed by atoms with Crippen LogP contribution in [0.15, 0.2) is 58.3 Å². The predicted octanol–water partition coefficient (Wildman–Crippen LogP) is 2.23. The summed E-state index contributed by atoms with van der Waals surface area (Å²) < 4.78 is 80.1. The van der Waals surface area contributed by atoms with Gasteiger partial charge in [0.15, 0.2) is 11.6 Å². The first-order valence-electron chi connectivity index (χ1n) is 12.1. The summed E-state index contributed by atoms with van der Waals surface area (Å²) in [6, 6.07) is 10.9. The number of rotatable bonds is 7. The standard InChI is InChI=1S/C26H34O10S2/c1-17-7-11-19(12-8-17)37(29,30)25(27,21-15-33-23(3,4)35-21)26(28,22-16-34-24(5,6)36-22)38(31,32)20-13-9-18(2)10-14-20/h7-14,21-22,27-28H,15-16H2,1-6H3/t21-,22-,25+,26+/m1/s1. The third-order valence-electron chi connectivity index (χ3n) is 6.88. The molecule has 0 bridgehead atoms. The summed E-state index contributed by atoms with van der Waals surface area (Å²) in [5.74, 6) is -2.77. The average molecular weight is 571 g/mol. The van der Waals surface area contributed by atoms with E-state index in [1.54, 1.807) is 13.8 Å². The van der Waals surface area contributed by atoms with Crippen molar-refractivity contribution >= 4 is 19.7 Å². The number of hydrogen-bond acceptors (Lipinski definition) is 10. The first-order valence-corrected chi connectivity index (χ1v) is 15.0.